The van der Waals surface area contributed by atoms with Gasteiger partial charge in [0.25, 0.3) is 5.91 Å². The largest absolute Gasteiger partial charge is 0.484 e. The van der Waals surface area contributed by atoms with E-state index in [0.717, 1.165) is 0 Å². The number of rotatable bonds is 7. The fourth-order valence-electron chi connectivity index (χ4n) is 1.52. The first kappa shape index (κ1) is 16.1. The van der Waals surface area contributed by atoms with Crippen molar-refractivity contribution < 1.29 is 14.6 Å². The number of carbonyl (C=O) groups is 1. The van der Waals surface area contributed by atoms with Crippen molar-refractivity contribution in [1.82, 2.24) is 4.90 Å². The summed E-state index contributed by atoms with van der Waals surface area (Å²) < 4.78 is 5.37. The van der Waals surface area contributed by atoms with Crippen molar-refractivity contribution in [2.45, 2.75) is 13.3 Å². The van der Waals surface area contributed by atoms with Gasteiger partial charge in [0.2, 0.25) is 0 Å². The van der Waals surface area contributed by atoms with Gasteiger partial charge in [0.1, 0.15) is 5.75 Å². The quantitative estimate of drug-likeness (QED) is 0.842. The minimum atomic E-state index is -0.123. The van der Waals surface area contributed by atoms with Crippen molar-refractivity contribution in [3.63, 3.8) is 0 Å². The summed E-state index contributed by atoms with van der Waals surface area (Å²) in [6.45, 7) is 3.00. The molecule has 0 unspecified atom stereocenters. The molecule has 0 fully saturated rings. The van der Waals surface area contributed by atoms with E-state index in [1.807, 2.05) is 6.92 Å². The van der Waals surface area contributed by atoms with Gasteiger partial charge in [-0.15, -0.1) is 0 Å². The molecule has 0 radical (unpaired) electrons. The second kappa shape index (κ2) is 8.25. The molecule has 6 heteroatoms. The van der Waals surface area contributed by atoms with E-state index in [1.165, 1.54) is 0 Å². The van der Waals surface area contributed by atoms with Crippen LogP contribution in [0.1, 0.15) is 13.3 Å². The highest BCUT2D eigenvalue weighted by atomic mass is 35.5. The molecular weight excluding hydrogens is 289 g/mol. The van der Waals surface area contributed by atoms with Gasteiger partial charge in [-0.3, -0.25) is 4.79 Å². The molecule has 0 aliphatic heterocycles. The van der Waals surface area contributed by atoms with Crippen LogP contribution in [0.2, 0.25) is 10.0 Å². The molecule has 1 rings (SSSR count). The Hall–Kier alpha value is -0.970. The molecule has 0 atom stereocenters. The van der Waals surface area contributed by atoms with Gasteiger partial charge in [-0.05, 0) is 25.5 Å². The van der Waals surface area contributed by atoms with E-state index in [9.17, 15) is 4.79 Å². The third kappa shape index (κ3) is 5.27. The normalized spacial score (nSPS) is 10.3. The summed E-state index contributed by atoms with van der Waals surface area (Å²) >= 11 is 11.6. The monoisotopic (exact) mass is 305 g/mol. The summed E-state index contributed by atoms with van der Waals surface area (Å²) in [6, 6.07) is 4.85. The van der Waals surface area contributed by atoms with Crippen LogP contribution in [0.25, 0.3) is 0 Å². The Balaban J connectivity index is 2.50. The van der Waals surface area contributed by atoms with Gasteiger partial charge in [0, 0.05) is 25.8 Å². The molecule has 0 saturated carbocycles. The number of ether oxygens (including phenoxy) is 1. The number of amides is 1. The third-order valence-electron chi connectivity index (χ3n) is 2.57. The predicted molar refractivity (Wildman–Crippen MR) is 75.9 cm³/mol. The van der Waals surface area contributed by atoms with E-state index >= 15 is 0 Å². The van der Waals surface area contributed by atoms with Crippen LogP contribution in [0.15, 0.2) is 18.2 Å². The zero-order chi connectivity index (χ0) is 14.3. The van der Waals surface area contributed by atoms with Gasteiger partial charge in [0.15, 0.2) is 6.61 Å². The number of hydrogen-bond acceptors (Lipinski definition) is 3. The van der Waals surface area contributed by atoms with E-state index in [4.69, 9.17) is 33.0 Å². The minimum Gasteiger partial charge on any atom is -0.484 e. The Morgan fingerprint density at radius 1 is 1.37 bits per heavy atom. The van der Waals surface area contributed by atoms with Crippen molar-refractivity contribution in [3.8, 4) is 5.75 Å². The van der Waals surface area contributed by atoms with E-state index in [0.29, 0.717) is 35.3 Å². The van der Waals surface area contributed by atoms with Crippen LogP contribution in [0, 0.1) is 0 Å². The van der Waals surface area contributed by atoms with Crippen LogP contribution in [-0.4, -0.2) is 42.2 Å². The molecule has 1 N–H and O–H groups in total. The number of nitrogens with zero attached hydrogens (tertiary/aromatic N) is 1. The summed E-state index contributed by atoms with van der Waals surface area (Å²) in [7, 11) is 0. The summed E-state index contributed by atoms with van der Waals surface area (Å²) in [6.07, 6.45) is 0.562. The summed E-state index contributed by atoms with van der Waals surface area (Å²) in [5.41, 5.74) is 0. The van der Waals surface area contributed by atoms with E-state index in [2.05, 4.69) is 0 Å². The molecule has 0 saturated heterocycles. The third-order valence-corrected chi connectivity index (χ3v) is 3.31. The fourth-order valence-corrected chi connectivity index (χ4v) is 1.81. The van der Waals surface area contributed by atoms with Crippen molar-refractivity contribution in [2.24, 2.45) is 0 Å². The molecule has 4 nitrogen and oxygen atoms in total. The van der Waals surface area contributed by atoms with Gasteiger partial charge >= 0.3 is 0 Å². The molecule has 0 bridgehead atoms. The maximum absolute atomic E-state index is 11.9. The highest BCUT2D eigenvalue weighted by Gasteiger charge is 2.12. The molecule has 0 aliphatic carbocycles. The smallest absolute Gasteiger partial charge is 0.260 e. The van der Waals surface area contributed by atoms with Crippen LogP contribution >= 0.6 is 23.2 Å². The number of aliphatic hydroxyl groups excluding tert-OH is 1. The van der Waals surface area contributed by atoms with E-state index in [-0.39, 0.29) is 19.1 Å². The lowest BCUT2D eigenvalue weighted by atomic mass is 10.3. The van der Waals surface area contributed by atoms with E-state index < -0.39 is 0 Å². The van der Waals surface area contributed by atoms with Crippen molar-refractivity contribution in [3.05, 3.63) is 28.2 Å². The van der Waals surface area contributed by atoms with Crippen molar-refractivity contribution >= 4 is 29.1 Å². The average Bonchev–Trinajstić information content (AvgIpc) is 2.41. The lowest BCUT2D eigenvalue weighted by Gasteiger charge is -2.20. The first-order chi connectivity index (χ1) is 9.08. The maximum atomic E-state index is 11.9. The molecule has 0 heterocycles. The van der Waals surface area contributed by atoms with Gasteiger partial charge in [-0.1, -0.05) is 23.2 Å². The number of halogens is 2. The maximum Gasteiger partial charge on any atom is 0.260 e. The van der Waals surface area contributed by atoms with Crippen molar-refractivity contribution in [1.29, 1.82) is 0 Å². The number of likely N-dealkylation sites (N-methyl/N-ethyl adjacent to an activating group) is 1. The van der Waals surface area contributed by atoms with E-state index in [1.54, 1.807) is 23.1 Å². The number of benzene rings is 1. The summed E-state index contributed by atoms with van der Waals surface area (Å²) in [4.78, 5) is 13.5. The number of carbonyl (C=O) groups excluding carboxylic acids is 1. The second-order valence-corrected chi connectivity index (χ2v) is 4.73. The van der Waals surface area contributed by atoms with Crippen LogP contribution in [-0.2, 0) is 4.79 Å². The zero-order valence-corrected chi connectivity index (χ0v) is 12.2. The number of hydrogen-bond donors (Lipinski definition) is 1. The van der Waals surface area contributed by atoms with Crippen LogP contribution in [0.5, 0.6) is 5.75 Å². The molecule has 1 amide bonds. The Labute approximate surface area is 122 Å². The zero-order valence-electron chi connectivity index (χ0n) is 10.7. The Morgan fingerprint density at radius 2 is 2.11 bits per heavy atom. The average molecular weight is 306 g/mol. The molecule has 0 spiro atoms. The molecule has 106 valence electrons. The predicted octanol–water partition coefficient (Wildman–Crippen LogP) is 2.60. The lowest BCUT2D eigenvalue weighted by molar-refractivity contribution is -0.133. The Morgan fingerprint density at radius 3 is 2.68 bits per heavy atom. The highest BCUT2D eigenvalue weighted by molar-refractivity contribution is 6.42. The Bertz CT molecular complexity index is 426. The standard InChI is InChI=1S/C13H17Cl2NO3/c1-2-16(6-3-7-17)13(18)9-19-10-4-5-11(14)12(15)8-10/h4-5,8,17H,2-3,6-7,9H2,1H3. The first-order valence-corrected chi connectivity index (χ1v) is 6.80. The van der Waals surface area contributed by atoms with Gasteiger partial charge in [-0.2, -0.15) is 0 Å². The fraction of sp³-hybridized carbons (Fsp3) is 0.462. The molecule has 1 aromatic rings. The topological polar surface area (TPSA) is 49.8 Å². The lowest BCUT2D eigenvalue weighted by Crippen LogP contribution is -2.35. The van der Waals surface area contributed by atoms with Crippen LogP contribution in [0.4, 0.5) is 0 Å². The molecular formula is C13H17Cl2NO3. The SMILES string of the molecule is CCN(CCCO)C(=O)COc1ccc(Cl)c(Cl)c1. The van der Waals surface area contributed by atoms with Crippen LogP contribution in [0.3, 0.4) is 0 Å². The molecule has 1 aromatic carbocycles. The molecule has 0 aliphatic rings. The minimum absolute atomic E-state index is 0.0583. The summed E-state index contributed by atoms with van der Waals surface area (Å²) in [5.74, 6) is 0.378. The molecule has 0 aromatic heterocycles. The van der Waals surface area contributed by atoms with Crippen molar-refractivity contribution in [2.75, 3.05) is 26.3 Å². The first-order valence-electron chi connectivity index (χ1n) is 6.05. The van der Waals surface area contributed by atoms with Crippen LogP contribution < -0.4 is 4.74 Å². The Kier molecular flexibility index (Phi) is 6.99. The van der Waals surface area contributed by atoms with Gasteiger partial charge < -0.3 is 14.7 Å². The second-order valence-electron chi connectivity index (χ2n) is 3.92. The van der Waals surface area contributed by atoms with Gasteiger partial charge in [0.05, 0.1) is 10.0 Å². The molecule has 19 heavy (non-hydrogen) atoms. The summed E-state index contributed by atoms with van der Waals surface area (Å²) in [5, 5.41) is 9.59. The van der Waals surface area contributed by atoms with Gasteiger partial charge in [-0.25, -0.2) is 0 Å². The highest BCUT2D eigenvalue weighted by Crippen LogP contribution is 2.26. The number of aliphatic hydroxyl groups is 1.